The third-order valence-corrected chi connectivity index (χ3v) is 4.42. The van der Waals surface area contributed by atoms with Gasteiger partial charge in [-0.25, -0.2) is 9.48 Å². The molecule has 24 heavy (non-hydrogen) atoms. The number of carboxylic acids is 1. The number of amides is 1. The van der Waals surface area contributed by atoms with Gasteiger partial charge in [0.05, 0.1) is 16.9 Å². The van der Waals surface area contributed by atoms with Crippen molar-refractivity contribution in [2.75, 3.05) is 0 Å². The lowest BCUT2D eigenvalue weighted by molar-refractivity contribution is -0.141. The highest BCUT2D eigenvalue weighted by Crippen LogP contribution is 2.31. The van der Waals surface area contributed by atoms with Crippen LogP contribution in [0.15, 0.2) is 30.5 Å². The molecule has 0 saturated heterocycles. The second kappa shape index (κ2) is 6.28. The molecule has 7 heteroatoms. The van der Waals surface area contributed by atoms with Crippen molar-refractivity contribution in [2.24, 2.45) is 0 Å². The highest BCUT2D eigenvalue weighted by molar-refractivity contribution is 6.30. The van der Waals surface area contributed by atoms with Gasteiger partial charge >= 0.3 is 5.97 Å². The number of hydrogen-bond acceptors (Lipinski definition) is 3. The van der Waals surface area contributed by atoms with E-state index >= 15 is 0 Å². The minimum Gasteiger partial charge on any atom is -0.480 e. The summed E-state index contributed by atoms with van der Waals surface area (Å²) in [6, 6.07) is 6.25. The number of benzene rings is 1. The van der Waals surface area contributed by atoms with Crippen LogP contribution in [0.4, 0.5) is 0 Å². The van der Waals surface area contributed by atoms with Gasteiger partial charge in [-0.1, -0.05) is 11.6 Å². The van der Waals surface area contributed by atoms with Gasteiger partial charge < -0.3 is 10.0 Å². The van der Waals surface area contributed by atoms with Crippen molar-refractivity contribution in [1.29, 1.82) is 0 Å². The molecule has 1 amide bonds. The van der Waals surface area contributed by atoms with Crippen LogP contribution in [-0.4, -0.2) is 43.7 Å². The first-order chi connectivity index (χ1) is 11.4. The van der Waals surface area contributed by atoms with E-state index in [0.29, 0.717) is 16.3 Å². The van der Waals surface area contributed by atoms with E-state index in [-0.39, 0.29) is 11.9 Å². The van der Waals surface area contributed by atoms with Crippen molar-refractivity contribution in [3.8, 4) is 5.69 Å². The number of aromatic nitrogens is 2. The third-order valence-electron chi connectivity index (χ3n) is 4.17. The van der Waals surface area contributed by atoms with Gasteiger partial charge in [-0.15, -0.1) is 0 Å². The Morgan fingerprint density at radius 2 is 1.96 bits per heavy atom. The van der Waals surface area contributed by atoms with E-state index in [1.807, 2.05) is 12.1 Å². The lowest BCUT2D eigenvalue weighted by Gasteiger charge is -2.26. The molecule has 1 unspecified atom stereocenters. The van der Waals surface area contributed by atoms with Gasteiger partial charge in [0.15, 0.2) is 0 Å². The summed E-state index contributed by atoms with van der Waals surface area (Å²) in [6.07, 6.45) is 3.33. The van der Waals surface area contributed by atoms with E-state index in [1.165, 1.54) is 11.8 Å². The minimum absolute atomic E-state index is 0.00174. The summed E-state index contributed by atoms with van der Waals surface area (Å²) in [5.41, 5.74) is 1.77. The number of halogens is 1. The van der Waals surface area contributed by atoms with Crippen LogP contribution < -0.4 is 0 Å². The summed E-state index contributed by atoms with van der Waals surface area (Å²) < 4.78 is 1.61. The van der Waals surface area contributed by atoms with Gasteiger partial charge in [0.25, 0.3) is 5.91 Å². The average molecular weight is 348 g/mol. The number of nitrogens with zero attached hydrogens (tertiary/aromatic N) is 3. The van der Waals surface area contributed by atoms with Crippen molar-refractivity contribution in [3.05, 3.63) is 46.7 Å². The molecule has 1 aliphatic rings. The molecule has 0 aliphatic heterocycles. The number of hydrogen-bond donors (Lipinski definition) is 1. The lowest BCUT2D eigenvalue weighted by atomic mass is 10.2. The van der Waals surface area contributed by atoms with Gasteiger partial charge in [0, 0.05) is 17.3 Å². The smallest absolute Gasteiger partial charge is 0.326 e. The van der Waals surface area contributed by atoms with Gasteiger partial charge in [-0.05, 0) is 51.0 Å². The summed E-state index contributed by atoms with van der Waals surface area (Å²) in [5, 5.41) is 14.3. The third kappa shape index (κ3) is 3.14. The molecule has 1 N–H and O–H groups in total. The molecule has 1 aromatic heterocycles. The van der Waals surface area contributed by atoms with Gasteiger partial charge in [-0.2, -0.15) is 5.10 Å². The van der Waals surface area contributed by atoms with Crippen LogP contribution in [-0.2, 0) is 4.79 Å². The number of aliphatic carboxylic acids is 1. The number of carbonyl (C=O) groups is 2. The average Bonchev–Trinajstić information content (AvgIpc) is 3.29. The second-order valence-corrected chi connectivity index (χ2v) is 6.44. The molecule has 0 spiro atoms. The van der Waals surface area contributed by atoms with Gasteiger partial charge in [-0.3, -0.25) is 4.79 Å². The van der Waals surface area contributed by atoms with Crippen LogP contribution in [0.1, 0.15) is 35.8 Å². The maximum Gasteiger partial charge on any atom is 0.326 e. The minimum atomic E-state index is -1.00. The monoisotopic (exact) mass is 347 g/mol. The second-order valence-electron chi connectivity index (χ2n) is 6.01. The van der Waals surface area contributed by atoms with Crippen LogP contribution in [0.25, 0.3) is 5.69 Å². The maximum absolute atomic E-state index is 12.9. The van der Waals surface area contributed by atoms with E-state index < -0.39 is 12.0 Å². The maximum atomic E-state index is 12.9. The Balaban J connectivity index is 1.92. The van der Waals surface area contributed by atoms with E-state index in [1.54, 1.807) is 29.9 Å². The molecular formula is C17H18ClN3O3. The molecule has 1 fully saturated rings. The molecule has 1 heterocycles. The predicted molar refractivity (Wildman–Crippen MR) is 89.6 cm³/mol. The van der Waals surface area contributed by atoms with E-state index in [4.69, 9.17) is 11.6 Å². The Hall–Kier alpha value is -2.34. The number of aryl methyl sites for hydroxylation is 1. The Bertz CT molecular complexity index is 781. The molecule has 1 aliphatic carbocycles. The standard InChI is InChI=1S/C17H18ClN3O3/c1-10-15(9-20(19-10)13-5-3-12(18)4-6-13)16(22)21(14-7-8-14)11(2)17(23)24/h3-6,9,11,14H,7-8H2,1-2H3,(H,23,24). The fourth-order valence-electron chi connectivity index (χ4n) is 2.66. The fraction of sp³-hybridized carbons (Fsp3) is 0.353. The highest BCUT2D eigenvalue weighted by atomic mass is 35.5. The van der Waals surface area contributed by atoms with Gasteiger partial charge in [0.2, 0.25) is 0 Å². The van der Waals surface area contributed by atoms with Crippen molar-refractivity contribution in [3.63, 3.8) is 0 Å². The first-order valence-corrected chi connectivity index (χ1v) is 8.14. The van der Waals surface area contributed by atoms with Crippen molar-refractivity contribution >= 4 is 23.5 Å². The SMILES string of the molecule is Cc1nn(-c2ccc(Cl)cc2)cc1C(=O)N(C1CC1)C(C)C(=O)O. The highest BCUT2D eigenvalue weighted by Gasteiger charge is 2.39. The largest absolute Gasteiger partial charge is 0.480 e. The normalized spacial score (nSPS) is 15.1. The summed E-state index contributed by atoms with van der Waals surface area (Å²) in [4.78, 5) is 25.7. The summed E-state index contributed by atoms with van der Waals surface area (Å²) in [7, 11) is 0. The zero-order chi connectivity index (χ0) is 17.4. The topological polar surface area (TPSA) is 75.4 Å². The molecule has 0 bridgehead atoms. The Labute approximate surface area is 144 Å². The molecule has 6 nitrogen and oxygen atoms in total. The fourth-order valence-corrected chi connectivity index (χ4v) is 2.79. The zero-order valence-corrected chi connectivity index (χ0v) is 14.2. The Kier molecular flexibility index (Phi) is 4.32. The van der Waals surface area contributed by atoms with E-state index in [9.17, 15) is 14.7 Å². The van der Waals surface area contributed by atoms with E-state index in [2.05, 4.69) is 5.10 Å². The summed E-state index contributed by atoms with van der Waals surface area (Å²) in [6.45, 7) is 3.29. The molecular weight excluding hydrogens is 330 g/mol. The first-order valence-electron chi connectivity index (χ1n) is 7.76. The molecule has 0 radical (unpaired) electrons. The molecule has 1 aromatic carbocycles. The molecule has 2 aromatic rings. The van der Waals surface area contributed by atoms with Gasteiger partial charge in [0.1, 0.15) is 6.04 Å². The van der Waals surface area contributed by atoms with Crippen LogP contribution in [0.5, 0.6) is 0 Å². The predicted octanol–water partition coefficient (Wildman–Crippen LogP) is 2.91. The van der Waals surface area contributed by atoms with E-state index in [0.717, 1.165) is 18.5 Å². The van der Waals surface area contributed by atoms with Crippen LogP contribution in [0.3, 0.4) is 0 Å². The quantitative estimate of drug-likeness (QED) is 0.902. The summed E-state index contributed by atoms with van der Waals surface area (Å²) in [5.74, 6) is -1.29. The lowest BCUT2D eigenvalue weighted by Crippen LogP contribution is -2.44. The van der Waals surface area contributed by atoms with Crippen LogP contribution in [0.2, 0.25) is 5.02 Å². The van der Waals surface area contributed by atoms with Crippen LogP contribution in [0, 0.1) is 6.92 Å². The number of rotatable bonds is 5. The molecule has 1 atom stereocenters. The molecule has 126 valence electrons. The number of carbonyl (C=O) groups excluding carboxylic acids is 1. The van der Waals surface area contributed by atoms with Crippen molar-refractivity contribution in [2.45, 2.75) is 38.8 Å². The first kappa shape index (κ1) is 16.5. The van der Waals surface area contributed by atoms with Crippen LogP contribution >= 0.6 is 11.6 Å². The van der Waals surface area contributed by atoms with Crippen molar-refractivity contribution < 1.29 is 14.7 Å². The summed E-state index contributed by atoms with van der Waals surface area (Å²) >= 11 is 5.89. The number of carboxylic acid groups (broad SMARTS) is 1. The van der Waals surface area contributed by atoms with Crippen molar-refractivity contribution in [1.82, 2.24) is 14.7 Å². The molecule has 1 saturated carbocycles. The Morgan fingerprint density at radius 1 is 1.33 bits per heavy atom. The molecule has 3 rings (SSSR count). The zero-order valence-electron chi connectivity index (χ0n) is 13.4. The Morgan fingerprint density at radius 3 is 2.50 bits per heavy atom.